The molecule has 1 atom stereocenters. The van der Waals surface area contributed by atoms with E-state index in [1.54, 1.807) is 30.6 Å². The predicted molar refractivity (Wildman–Crippen MR) is 88.1 cm³/mol. The van der Waals surface area contributed by atoms with Gasteiger partial charge in [-0.05, 0) is 25.5 Å². The van der Waals surface area contributed by atoms with E-state index in [-0.39, 0.29) is 18.0 Å². The Balaban J connectivity index is 3.09. The van der Waals surface area contributed by atoms with Gasteiger partial charge in [0.2, 0.25) is 5.91 Å². The number of sulfonamides is 1. The summed E-state index contributed by atoms with van der Waals surface area (Å²) in [5, 5.41) is 8.85. The quantitative estimate of drug-likeness (QED) is 0.398. The van der Waals surface area contributed by atoms with Crippen molar-refractivity contribution in [3.8, 4) is 11.8 Å². The lowest BCUT2D eigenvalue weighted by atomic mass is 10.0. The van der Waals surface area contributed by atoms with Gasteiger partial charge in [-0.2, -0.15) is 0 Å². The molecular formula is C16H22N2O5S. The Labute approximate surface area is 142 Å². The third-order valence-electron chi connectivity index (χ3n) is 3.25. The average molecular weight is 354 g/mol. The molecule has 7 nitrogen and oxygen atoms in total. The highest BCUT2D eigenvalue weighted by molar-refractivity contribution is 7.89. The van der Waals surface area contributed by atoms with Crippen LogP contribution in [0.3, 0.4) is 0 Å². The Morgan fingerprint density at radius 2 is 2.04 bits per heavy atom. The SMILES string of the molecule is CC#CCON(CC(CCC)C(=O)NO)S(=O)(=O)c1ccccc1. The highest BCUT2D eigenvalue weighted by atomic mass is 32.2. The number of carbonyl (C=O) groups excluding carboxylic acids is 1. The molecular weight excluding hydrogens is 332 g/mol. The van der Waals surface area contributed by atoms with E-state index in [0.29, 0.717) is 12.8 Å². The molecule has 0 spiro atoms. The Hall–Kier alpha value is -1.92. The van der Waals surface area contributed by atoms with Gasteiger partial charge < -0.3 is 0 Å². The topological polar surface area (TPSA) is 95.9 Å². The third-order valence-corrected chi connectivity index (χ3v) is 4.91. The van der Waals surface area contributed by atoms with Gasteiger partial charge in [0.15, 0.2) is 0 Å². The Kier molecular flexibility index (Phi) is 8.43. The van der Waals surface area contributed by atoms with E-state index in [1.165, 1.54) is 12.1 Å². The number of hydrogen-bond donors (Lipinski definition) is 2. The van der Waals surface area contributed by atoms with E-state index in [1.807, 2.05) is 6.92 Å². The summed E-state index contributed by atoms with van der Waals surface area (Å²) < 4.78 is 26.2. The van der Waals surface area contributed by atoms with Gasteiger partial charge in [-0.3, -0.25) is 14.8 Å². The Morgan fingerprint density at radius 3 is 2.58 bits per heavy atom. The first-order valence-corrected chi connectivity index (χ1v) is 8.95. The summed E-state index contributed by atoms with van der Waals surface area (Å²) in [6, 6.07) is 7.78. The van der Waals surface area contributed by atoms with Crippen LogP contribution >= 0.6 is 0 Å². The summed E-state index contributed by atoms with van der Waals surface area (Å²) in [6.07, 6.45) is 1.04. The van der Waals surface area contributed by atoms with Gasteiger partial charge in [0.25, 0.3) is 10.0 Å². The number of amides is 1. The number of nitrogens with one attached hydrogen (secondary N) is 1. The van der Waals surface area contributed by atoms with Gasteiger partial charge in [-0.25, -0.2) is 13.9 Å². The summed E-state index contributed by atoms with van der Waals surface area (Å²) in [6.45, 7) is 3.13. The molecule has 0 saturated carbocycles. The number of nitrogens with zero attached hydrogens (tertiary/aromatic N) is 1. The molecule has 0 aliphatic carbocycles. The van der Waals surface area contributed by atoms with E-state index in [9.17, 15) is 13.2 Å². The molecule has 0 saturated heterocycles. The van der Waals surface area contributed by atoms with Crippen molar-refractivity contribution in [1.82, 2.24) is 9.95 Å². The molecule has 0 aromatic heterocycles. The van der Waals surface area contributed by atoms with E-state index in [4.69, 9.17) is 10.0 Å². The van der Waals surface area contributed by atoms with E-state index >= 15 is 0 Å². The second-order valence-electron chi connectivity index (χ2n) is 4.97. The fourth-order valence-corrected chi connectivity index (χ4v) is 3.34. The fourth-order valence-electron chi connectivity index (χ4n) is 2.03. The molecule has 8 heteroatoms. The zero-order chi connectivity index (χ0) is 18.0. The molecule has 1 amide bonds. The Bertz CT molecular complexity index is 679. The molecule has 24 heavy (non-hydrogen) atoms. The highest BCUT2D eigenvalue weighted by Gasteiger charge is 2.30. The summed E-state index contributed by atoms with van der Waals surface area (Å²) >= 11 is 0. The van der Waals surface area contributed by atoms with Crippen molar-refractivity contribution in [2.24, 2.45) is 5.92 Å². The van der Waals surface area contributed by atoms with Crippen molar-refractivity contribution in [3.63, 3.8) is 0 Å². The first kappa shape index (κ1) is 20.1. The number of benzene rings is 1. The maximum atomic E-state index is 12.7. The van der Waals surface area contributed by atoms with Crippen LogP contribution in [0.2, 0.25) is 0 Å². The van der Waals surface area contributed by atoms with Crippen molar-refractivity contribution in [2.45, 2.75) is 31.6 Å². The lowest BCUT2D eigenvalue weighted by molar-refractivity contribution is -0.138. The summed E-state index contributed by atoms with van der Waals surface area (Å²) in [5.74, 6) is 3.83. The van der Waals surface area contributed by atoms with E-state index in [0.717, 1.165) is 4.47 Å². The van der Waals surface area contributed by atoms with Gasteiger partial charge in [-0.1, -0.05) is 41.9 Å². The third kappa shape index (κ3) is 5.62. The van der Waals surface area contributed by atoms with Gasteiger partial charge in [-0.15, -0.1) is 5.92 Å². The van der Waals surface area contributed by atoms with Crippen LogP contribution in [-0.2, 0) is 19.7 Å². The van der Waals surface area contributed by atoms with Crippen LogP contribution in [0.5, 0.6) is 0 Å². The zero-order valence-electron chi connectivity index (χ0n) is 13.7. The van der Waals surface area contributed by atoms with Gasteiger partial charge in [0, 0.05) is 0 Å². The molecule has 1 rings (SSSR count). The number of rotatable bonds is 9. The lowest BCUT2D eigenvalue weighted by Crippen LogP contribution is -2.41. The van der Waals surface area contributed by atoms with E-state index in [2.05, 4.69) is 11.8 Å². The normalized spacial score (nSPS) is 12.3. The van der Waals surface area contributed by atoms with Crippen molar-refractivity contribution >= 4 is 15.9 Å². The van der Waals surface area contributed by atoms with Crippen molar-refractivity contribution < 1.29 is 23.3 Å². The smallest absolute Gasteiger partial charge is 0.265 e. The molecule has 0 aliphatic rings. The Morgan fingerprint density at radius 1 is 1.38 bits per heavy atom. The van der Waals surface area contributed by atoms with Crippen LogP contribution in [0, 0.1) is 17.8 Å². The van der Waals surface area contributed by atoms with Crippen LogP contribution in [0.4, 0.5) is 0 Å². The van der Waals surface area contributed by atoms with Crippen LogP contribution in [0.15, 0.2) is 35.2 Å². The van der Waals surface area contributed by atoms with Gasteiger partial charge >= 0.3 is 0 Å². The largest absolute Gasteiger partial charge is 0.289 e. The number of hydrogen-bond acceptors (Lipinski definition) is 5. The number of carbonyl (C=O) groups is 1. The first-order chi connectivity index (χ1) is 11.5. The van der Waals surface area contributed by atoms with Crippen LogP contribution < -0.4 is 5.48 Å². The molecule has 1 aromatic rings. The minimum atomic E-state index is -3.95. The molecule has 0 radical (unpaired) electrons. The second kappa shape index (κ2) is 10.1. The molecule has 1 unspecified atom stereocenters. The standard InChI is InChI=1S/C16H22N2O5S/c1-3-5-12-23-18(13-14(9-4-2)16(19)17-20)24(21,22)15-10-7-6-8-11-15/h6-8,10-11,14,20H,4,9,12-13H2,1-2H3,(H,17,19). The molecule has 0 bridgehead atoms. The lowest BCUT2D eigenvalue weighted by Gasteiger charge is -2.24. The zero-order valence-corrected chi connectivity index (χ0v) is 14.5. The maximum Gasteiger partial charge on any atom is 0.265 e. The van der Waals surface area contributed by atoms with E-state index < -0.39 is 21.8 Å². The van der Waals surface area contributed by atoms with Crippen LogP contribution in [0.25, 0.3) is 0 Å². The average Bonchev–Trinajstić information content (AvgIpc) is 2.60. The molecule has 2 N–H and O–H groups in total. The molecule has 0 fully saturated rings. The second-order valence-corrected chi connectivity index (χ2v) is 6.79. The summed E-state index contributed by atoms with van der Waals surface area (Å²) in [4.78, 5) is 17.1. The monoisotopic (exact) mass is 354 g/mol. The van der Waals surface area contributed by atoms with Crippen molar-refractivity contribution in [1.29, 1.82) is 0 Å². The van der Waals surface area contributed by atoms with Crippen molar-refractivity contribution in [2.75, 3.05) is 13.2 Å². The van der Waals surface area contributed by atoms with Gasteiger partial charge in [0.1, 0.15) is 6.61 Å². The van der Waals surface area contributed by atoms with Crippen LogP contribution in [-0.4, -0.2) is 37.2 Å². The maximum absolute atomic E-state index is 12.7. The summed E-state index contributed by atoms with van der Waals surface area (Å²) in [5.41, 5.74) is 1.57. The first-order valence-electron chi connectivity index (χ1n) is 7.51. The highest BCUT2D eigenvalue weighted by Crippen LogP contribution is 2.19. The van der Waals surface area contributed by atoms with Crippen molar-refractivity contribution in [3.05, 3.63) is 30.3 Å². The minimum Gasteiger partial charge on any atom is -0.289 e. The van der Waals surface area contributed by atoms with Crippen LogP contribution in [0.1, 0.15) is 26.7 Å². The van der Waals surface area contributed by atoms with Gasteiger partial charge in [0.05, 0.1) is 17.4 Å². The fraction of sp³-hybridized carbons (Fsp3) is 0.438. The molecule has 0 heterocycles. The molecule has 0 aliphatic heterocycles. The number of hydroxylamine groups is 2. The molecule has 132 valence electrons. The molecule has 1 aromatic carbocycles. The minimum absolute atomic E-state index is 0.0501. The predicted octanol–water partition coefficient (Wildman–Crippen LogP) is 1.55. The summed E-state index contributed by atoms with van der Waals surface area (Å²) in [7, 11) is -3.95.